The first kappa shape index (κ1) is 24.6. The number of hydrogen-bond donors (Lipinski definition) is 1. The number of benzene rings is 1. The predicted molar refractivity (Wildman–Crippen MR) is 121 cm³/mol. The summed E-state index contributed by atoms with van der Waals surface area (Å²) in [5, 5.41) is 2.65. The highest BCUT2D eigenvalue weighted by molar-refractivity contribution is 6.09. The minimum absolute atomic E-state index is 0.00489. The third kappa shape index (κ3) is 5.75. The third-order valence-electron chi connectivity index (χ3n) is 5.76. The molecule has 35 heavy (non-hydrogen) atoms. The van der Waals surface area contributed by atoms with E-state index in [0.29, 0.717) is 0 Å². The average molecular weight is 488 g/mol. The van der Waals surface area contributed by atoms with Crippen LogP contribution < -0.4 is 10.1 Å². The van der Waals surface area contributed by atoms with Gasteiger partial charge in [0.05, 0.1) is 35.4 Å². The minimum atomic E-state index is -2.78. The molecule has 0 unspecified atom stereocenters. The molecule has 4 rings (SSSR count). The Morgan fingerprint density at radius 1 is 1.06 bits per heavy atom. The molecule has 0 radical (unpaired) electrons. The van der Waals surface area contributed by atoms with Crippen LogP contribution in [0.5, 0.6) is 6.01 Å². The summed E-state index contributed by atoms with van der Waals surface area (Å²) < 4.78 is 61.6. The zero-order valence-electron chi connectivity index (χ0n) is 19.2. The van der Waals surface area contributed by atoms with Crippen molar-refractivity contribution in [2.75, 3.05) is 5.32 Å². The number of carbonyl (C=O) groups is 1. The van der Waals surface area contributed by atoms with Gasteiger partial charge in [-0.2, -0.15) is 0 Å². The summed E-state index contributed by atoms with van der Waals surface area (Å²) in [4.78, 5) is 25.9. The Balaban J connectivity index is 1.73. The van der Waals surface area contributed by atoms with E-state index in [0.717, 1.165) is 18.2 Å². The number of anilines is 1. The molecule has 0 aliphatic heterocycles. The summed E-state index contributed by atoms with van der Waals surface area (Å²) in [6.45, 7) is 3.63. The highest BCUT2D eigenvalue weighted by Crippen LogP contribution is 2.42. The summed E-state index contributed by atoms with van der Waals surface area (Å²) in [7, 11) is 0. The van der Waals surface area contributed by atoms with Crippen LogP contribution in [-0.2, 0) is 0 Å². The lowest BCUT2D eigenvalue weighted by atomic mass is 9.81. The van der Waals surface area contributed by atoms with Crippen LogP contribution in [0.3, 0.4) is 0 Å². The van der Waals surface area contributed by atoms with Gasteiger partial charge in [0.2, 0.25) is 5.92 Å². The molecule has 0 atom stereocenters. The fourth-order valence-corrected chi connectivity index (χ4v) is 4.11. The van der Waals surface area contributed by atoms with Gasteiger partial charge in [0.1, 0.15) is 11.6 Å². The lowest BCUT2D eigenvalue weighted by molar-refractivity contribution is -0.0385. The molecule has 1 fully saturated rings. The first-order chi connectivity index (χ1) is 16.6. The Hall–Kier alpha value is -3.56. The van der Waals surface area contributed by atoms with Crippen LogP contribution in [0.1, 0.15) is 61.5 Å². The fourth-order valence-electron chi connectivity index (χ4n) is 4.11. The van der Waals surface area contributed by atoms with E-state index in [-0.39, 0.29) is 65.9 Å². The second-order valence-electron chi connectivity index (χ2n) is 8.75. The maximum atomic E-state index is 14.7. The highest BCUT2D eigenvalue weighted by Gasteiger charge is 2.37. The summed E-state index contributed by atoms with van der Waals surface area (Å²) in [6.07, 6.45) is 3.47. The number of rotatable bonds is 6. The number of pyridine rings is 1. The van der Waals surface area contributed by atoms with E-state index in [1.54, 1.807) is 0 Å². The predicted octanol–water partition coefficient (Wildman–Crippen LogP) is 6.15. The number of alkyl halides is 2. The standard InChI is InChI=1S/C25H24F4N4O2/c1-14(2)35-24-31-12-17(13-32-24)33-23(34)21-18(19-11-16(26)3-4-20(19)27)7-10-30-22(21)15-5-8-25(28,29)9-6-15/h3-4,7,10-15H,5-6,8-9H2,1-2H3,(H,33,34). The molecule has 1 saturated carbocycles. The fraction of sp³-hybridized carbons (Fsp3) is 0.360. The number of nitrogens with one attached hydrogen (secondary N) is 1. The van der Waals surface area contributed by atoms with Crippen molar-refractivity contribution in [2.24, 2.45) is 0 Å². The van der Waals surface area contributed by atoms with E-state index in [1.807, 2.05) is 13.8 Å². The van der Waals surface area contributed by atoms with Gasteiger partial charge in [-0.15, -0.1) is 0 Å². The van der Waals surface area contributed by atoms with E-state index in [1.165, 1.54) is 24.7 Å². The topological polar surface area (TPSA) is 77.0 Å². The van der Waals surface area contributed by atoms with Gasteiger partial charge in [0, 0.05) is 36.1 Å². The Labute approximate surface area is 199 Å². The molecule has 1 N–H and O–H groups in total. The van der Waals surface area contributed by atoms with Gasteiger partial charge in [-0.05, 0) is 51.0 Å². The number of hydrogen-bond acceptors (Lipinski definition) is 5. The Morgan fingerprint density at radius 3 is 2.40 bits per heavy atom. The highest BCUT2D eigenvalue weighted by atomic mass is 19.3. The van der Waals surface area contributed by atoms with Crippen LogP contribution in [0.2, 0.25) is 0 Å². The van der Waals surface area contributed by atoms with Crippen molar-refractivity contribution in [3.63, 3.8) is 0 Å². The van der Waals surface area contributed by atoms with Crippen molar-refractivity contribution < 1.29 is 27.1 Å². The van der Waals surface area contributed by atoms with Crippen molar-refractivity contribution in [2.45, 2.75) is 57.5 Å². The summed E-state index contributed by atoms with van der Waals surface area (Å²) >= 11 is 0. The zero-order valence-corrected chi connectivity index (χ0v) is 19.2. The average Bonchev–Trinajstić information content (AvgIpc) is 2.81. The van der Waals surface area contributed by atoms with Gasteiger partial charge >= 0.3 is 6.01 Å². The van der Waals surface area contributed by atoms with E-state index < -0.39 is 29.4 Å². The molecule has 184 valence electrons. The van der Waals surface area contributed by atoms with Gasteiger partial charge in [-0.1, -0.05) is 0 Å². The normalized spacial score (nSPS) is 15.7. The largest absolute Gasteiger partial charge is 0.461 e. The molecule has 2 aromatic heterocycles. The van der Waals surface area contributed by atoms with Crippen LogP contribution in [0, 0.1) is 11.6 Å². The molecule has 0 bridgehead atoms. The molecule has 3 aromatic rings. The monoisotopic (exact) mass is 488 g/mol. The number of aromatic nitrogens is 3. The summed E-state index contributed by atoms with van der Waals surface area (Å²) in [5.41, 5.74) is 0.482. The van der Waals surface area contributed by atoms with Crippen molar-refractivity contribution in [3.05, 3.63) is 65.7 Å². The maximum Gasteiger partial charge on any atom is 0.316 e. The van der Waals surface area contributed by atoms with Gasteiger partial charge in [0.25, 0.3) is 5.91 Å². The number of amides is 1. The maximum absolute atomic E-state index is 14.7. The first-order valence-corrected chi connectivity index (χ1v) is 11.2. The molecule has 1 aliphatic carbocycles. The van der Waals surface area contributed by atoms with Crippen LogP contribution in [0.4, 0.5) is 23.2 Å². The van der Waals surface area contributed by atoms with Crippen molar-refractivity contribution >= 4 is 11.6 Å². The quantitative estimate of drug-likeness (QED) is 0.421. The molecule has 0 spiro atoms. The number of nitrogens with zero attached hydrogens (tertiary/aromatic N) is 3. The van der Waals surface area contributed by atoms with Crippen molar-refractivity contribution in [3.8, 4) is 17.1 Å². The second kappa shape index (κ2) is 9.97. The summed E-state index contributed by atoms with van der Waals surface area (Å²) in [5.74, 6) is -5.29. The van der Waals surface area contributed by atoms with E-state index in [2.05, 4.69) is 20.3 Å². The zero-order chi connectivity index (χ0) is 25.2. The van der Waals surface area contributed by atoms with E-state index in [9.17, 15) is 22.4 Å². The van der Waals surface area contributed by atoms with Crippen molar-refractivity contribution in [1.82, 2.24) is 15.0 Å². The molecule has 2 heterocycles. The molecular weight excluding hydrogens is 464 g/mol. The molecular formula is C25H24F4N4O2. The Kier molecular flexibility index (Phi) is 7.00. The molecule has 1 amide bonds. The minimum Gasteiger partial charge on any atom is -0.461 e. The SMILES string of the molecule is CC(C)Oc1ncc(NC(=O)c2c(-c3cc(F)ccc3F)ccnc2C2CCC(F)(F)CC2)cn1. The Bertz CT molecular complexity index is 1210. The van der Waals surface area contributed by atoms with Crippen LogP contribution in [0.25, 0.3) is 11.1 Å². The smallest absolute Gasteiger partial charge is 0.316 e. The van der Waals surface area contributed by atoms with Crippen LogP contribution >= 0.6 is 0 Å². The molecule has 0 saturated heterocycles. The van der Waals surface area contributed by atoms with Gasteiger partial charge in [-0.3, -0.25) is 9.78 Å². The molecule has 1 aliphatic rings. The molecule has 6 nitrogen and oxygen atoms in total. The lowest BCUT2D eigenvalue weighted by Gasteiger charge is -2.29. The van der Waals surface area contributed by atoms with Gasteiger partial charge in [-0.25, -0.2) is 27.5 Å². The number of ether oxygens (including phenoxy) is 1. The lowest BCUT2D eigenvalue weighted by Crippen LogP contribution is -2.26. The second-order valence-corrected chi connectivity index (χ2v) is 8.75. The third-order valence-corrected chi connectivity index (χ3v) is 5.76. The van der Waals surface area contributed by atoms with E-state index in [4.69, 9.17) is 4.74 Å². The molecule has 1 aromatic carbocycles. The molecule has 10 heteroatoms. The number of carbonyl (C=O) groups excluding carboxylic acids is 1. The van der Waals surface area contributed by atoms with Crippen molar-refractivity contribution in [1.29, 1.82) is 0 Å². The Morgan fingerprint density at radius 2 is 1.74 bits per heavy atom. The number of halogens is 4. The van der Waals surface area contributed by atoms with Gasteiger partial charge < -0.3 is 10.1 Å². The van der Waals surface area contributed by atoms with Crippen LogP contribution in [0.15, 0.2) is 42.9 Å². The first-order valence-electron chi connectivity index (χ1n) is 11.2. The van der Waals surface area contributed by atoms with E-state index >= 15 is 0 Å². The summed E-state index contributed by atoms with van der Waals surface area (Å²) in [6, 6.07) is 4.47. The van der Waals surface area contributed by atoms with Gasteiger partial charge in [0.15, 0.2) is 0 Å². The van der Waals surface area contributed by atoms with Crippen LogP contribution in [-0.4, -0.2) is 32.9 Å².